The van der Waals surface area contributed by atoms with Crippen molar-refractivity contribution in [1.82, 2.24) is 4.90 Å². The zero-order valence-electron chi connectivity index (χ0n) is 10.2. The molecule has 0 bridgehead atoms. The molecular formula is C12H27N. The van der Waals surface area contributed by atoms with Gasteiger partial charge in [-0.25, -0.2) is 0 Å². The molecule has 0 aliphatic rings. The Morgan fingerprint density at radius 3 is 1.23 bits per heavy atom. The minimum atomic E-state index is 0.484. The van der Waals surface area contributed by atoms with Crippen molar-refractivity contribution >= 4 is 0 Å². The van der Waals surface area contributed by atoms with Crippen molar-refractivity contribution in [2.45, 2.75) is 64.8 Å². The quantitative estimate of drug-likeness (QED) is 0.585. The van der Waals surface area contributed by atoms with Crippen LogP contribution in [0.5, 0.6) is 0 Å². The van der Waals surface area contributed by atoms with E-state index in [4.69, 9.17) is 0 Å². The second-order valence-electron chi connectivity index (χ2n) is 4.37. The van der Waals surface area contributed by atoms with E-state index in [1.807, 2.05) is 0 Å². The van der Waals surface area contributed by atoms with Gasteiger partial charge in [0.15, 0.2) is 0 Å². The summed E-state index contributed by atoms with van der Waals surface area (Å²) in [4.78, 5) is 2.45. The summed E-state index contributed by atoms with van der Waals surface area (Å²) in [7, 11) is 4.47. The molecule has 13 heavy (non-hydrogen) atoms. The van der Waals surface area contributed by atoms with Gasteiger partial charge >= 0.3 is 0 Å². The van der Waals surface area contributed by atoms with Crippen LogP contribution < -0.4 is 0 Å². The molecule has 0 saturated carbocycles. The summed E-state index contributed by atoms with van der Waals surface area (Å²) in [6.45, 7) is 6.89. The zero-order chi connectivity index (χ0) is 10.3. The van der Waals surface area contributed by atoms with Gasteiger partial charge in [-0.2, -0.15) is 0 Å². The second-order valence-corrected chi connectivity index (χ2v) is 4.37. The van der Waals surface area contributed by atoms with E-state index in [9.17, 15) is 0 Å². The Morgan fingerprint density at radius 2 is 1.08 bits per heavy atom. The van der Waals surface area contributed by atoms with Gasteiger partial charge in [-0.05, 0) is 33.4 Å². The van der Waals surface area contributed by atoms with Gasteiger partial charge in [0.2, 0.25) is 0 Å². The van der Waals surface area contributed by atoms with Crippen LogP contribution in [-0.4, -0.2) is 24.5 Å². The van der Waals surface area contributed by atoms with Gasteiger partial charge < -0.3 is 4.90 Å². The summed E-state index contributed by atoms with van der Waals surface area (Å²) in [5.74, 6) is 0. The lowest BCUT2D eigenvalue weighted by Crippen LogP contribution is -2.43. The number of hydrogen-bond donors (Lipinski definition) is 0. The zero-order valence-corrected chi connectivity index (χ0v) is 10.2. The van der Waals surface area contributed by atoms with Crippen LogP contribution >= 0.6 is 0 Å². The van der Waals surface area contributed by atoms with Crippen molar-refractivity contribution in [3.63, 3.8) is 0 Å². The Morgan fingerprint density at radius 1 is 0.769 bits per heavy atom. The van der Waals surface area contributed by atoms with Crippen LogP contribution in [0.3, 0.4) is 0 Å². The van der Waals surface area contributed by atoms with E-state index in [2.05, 4.69) is 39.8 Å². The number of rotatable bonds is 7. The molecule has 80 valence electrons. The molecule has 0 N–H and O–H groups in total. The fourth-order valence-corrected chi connectivity index (χ4v) is 2.44. The number of nitrogens with zero attached hydrogens (tertiary/aromatic N) is 1. The van der Waals surface area contributed by atoms with Crippen molar-refractivity contribution < 1.29 is 0 Å². The largest absolute Gasteiger partial charge is 0.304 e. The van der Waals surface area contributed by atoms with E-state index in [1.165, 1.54) is 38.5 Å². The average Bonchev–Trinajstić information content (AvgIpc) is 2.05. The Bertz CT molecular complexity index is 101. The molecule has 0 amide bonds. The van der Waals surface area contributed by atoms with Gasteiger partial charge in [-0.3, -0.25) is 0 Å². The van der Waals surface area contributed by atoms with Crippen LogP contribution in [0, 0.1) is 0 Å². The standard InChI is InChI=1S/C12H27N/c1-6-9-12(10-7-2,11-8-3)13(4)5/h6-11H2,1-5H3. The highest BCUT2D eigenvalue weighted by molar-refractivity contribution is 4.86. The Kier molecular flexibility index (Phi) is 6.40. The topological polar surface area (TPSA) is 3.24 Å². The van der Waals surface area contributed by atoms with E-state index in [-0.39, 0.29) is 0 Å². The first-order valence-corrected chi connectivity index (χ1v) is 5.80. The van der Waals surface area contributed by atoms with Gasteiger partial charge in [0.1, 0.15) is 0 Å². The second kappa shape index (κ2) is 6.42. The summed E-state index contributed by atoms with van der Waals surface area (Å²) in [5.41, 5.74) is 0.484. The third kappa shape index (κ3) is 3.68. The van der Waals surface area contributed by atoms with E-state index in [1.54, 1.807) is 0 Å². The van der Waals surface area contributed by atoms with Crippen LogP contribution in [0.15, 0.2) is 0 Å². The summed E-state index contributed by atoms with van der Waals surface area (Å²) < 4.78 is 0. The van der Waals surface area contributed by atoms with Gasteiger partial charge in [0, 0.05) is 5.54 Å². The molecular weight excluding hydrogens is 158 g/mol. The summed E-state index contributed by atoms with van der Waals surface area (Å²) in [6, 6.07) is 0. The lowest BCUT2D eigenvalue weighted by molar-refractivity contribution is 0.112. The smallest absolute Gasteiger partial charge is 0.0203 e. The molecule has 0 rings (SSSR count). The van der Waals surface area contributed by atoms with Gasteiger partial charge in [0.05, 0.1) is 0 Å². The van der Waals surface area contributed by atoms with Gasteiger partial charge in [-0.15, -0.1) is 0 Å². The molecule has 0 fully saturated rings. The molecule has 0 atom stereocenters. The Balaban J connectivity index is 4.38. The first kappa shape index (κ1) is 13.0. The maximum atomic E-state index is 2.45. The minimum absolute atomic E-state index is 0.484. The molecule has 0 aromatic carbocycles. The van der Waals surface area contributed by atoms with Crippen molar-refractivity contribution in [2.75, 3.05) is 14.1 Å². The van der Waals surface area contributed by atoms with E-state index in [0.717, 1.165) is 0 Å². The molecule has 1 heteroatoms. The third-order valence-corrected chi connectivity index (χ3v) is 3.09. The fourth-order valence-electron chi connectivity index (χ4n) is 2.44. The lowest BCUT2D eigenvalue weighted by atomic mass is 9.83. The normalized spacial score (nSPS) is 12.5. The highest BCUT2D eigenvalue weighted by Gasteiger charge is 2.29. The van der Waals surface area contributed by atoms with Crippen molar-refractivity contribution in [2.24, 2.45) is 0 Å². The highest BCUT2D eigenvalue weighted by atomic mass is 15.1. The van der Waals surface area contributed by atoms with E-state index >= 15 is 0 Å². The van der Waals surface area contributed by atoms with Gasteiger partial charge in [-0.1, -0.05) is 40.0 Å². The SMILES string of the molecule is CCCC(CCC)(CCC)N(C)C. The molecule has 0 heterocycles. The summed E-state index contributed by atoms with van der Waals surface area (Å²) in [6.07, 6.45) is 7.96. The monoisotopic (exact) mass is 185 g/mol. The van der Waals surface area contributed by atoms with E-state index in [0.29, 0.717) is 5.54 Å². The third-order valence-electron chi connectivity index (χ3n) is 3.09. The van der Waals surface area contributed by atoms with Crippen LogP contribution in [0.25, 0.3) is 0 Å². The molecule has 0 aromatic heterocycles. The first-order valence-electron chi connectivity index (χ1n) is 5.80. The summed E-state index contributed by atoms with van der Waals surface area (Å²) >= 11 is 0. The molecule has 0 aliphatic carbocycles. The van der Waals surface area contributed by atoms with Crippen LogP contribution in [0.4, 0.5) is 0 Å². The number of hydrogen-bond acceptors (Lipinski definition) is 1. The Hall–Kier alpha value is -0.0400. The highest BCUT2D eigenvalue weighted by Crippen LogP contribution is 2.29. The predicted molar refractivity (Wildman–Crippen MR) is 61.1 cm³/mol. The molecule has 0 radical (unpaired) electrons. The molecule has 0 spiro atoms. The van der Waals surface area contributed by atoms with Crippen molar-refractivity contribution in [3.05, 3.63) is 0 Å². The van der Waals surface area contributed by atoms with E-state index < -0.39 is 0 Å². The first-order chi connectivity index (χ1) is 6.13. The van der Waals surface area contributed by atoms with Crippen molar-refractivity contribution in [3.8, 4) is 0 Å². The maximum absolute atomic E-state index is 2.45. The Labute approximate surface area is 84.5 Å². The summed E-state index contributed by atoms with van der Waals surface area (Å²) in [5, 5.41) is 0. The van der Waals surface area contributed by atoms with Crippen molar-refractivity contribution in [1.29, 1.82) is 0 Å². The van der Waals surface area contributed by atoms with Crippen LogP contribution in [0.2, 0.25) is 0 Å². The molecule has 0 aromatic rings. The predicted octanol–water partition coefficient (Wildman–Crippen LogP) is 3.69. The minimum Gasteiger partial charge on any atom is -0.304 e. The molecule has 0 aliphatic heterocycles. The fraction of sp³-hybridized carbons (Fsp3) is 1.00. The molecule has 0 unspecified atom stereocenters. The van der Waals surface area contributed by atoms with Gasteiger partial charge in [0.25, 0.3) is 0 Å². The molecule has 0 saturated heterocycles. The maximum Gasteiger partial charge on any atom is 0.0203 e. The van der Waals surface area contributed by atoms with Crippen LogP contribution in [0.1, 0.15) is 59.3 Å². The molecule has 1 nitrogen and oxygen atoms in total. The van der Waals surface area contributed by atoms with Crippen LogP contribution in [-0.2, 0) is 0 Å². The average molecular weight is 185 g/mol. The lowest BCUT2D eigenvalue weighted by Gasteiger charge is -2.40.